The van der Waals surface area contributed by atoms with Crippen LogP contribution in [0.1, 0.15) is 39.5 Å². The number of carbonyl (C=O) groups is 1. The van der Waals surface area contributed by atoms with Crippen molar-refractivity contribution in [3.63, 3.8) is 0 Å². The van der Waals surface area contributed by atoms with Gasteiger partial charge in [-0.2, -0.15) is 5.10 Å². The maximum atomic E-state index is 10.5. The largest absolute Gasteiger partial charge is 0.350 e. The van der Waals surface area contributed by atoms with Gasteiger partial charge in [0.2, 0.25) is 0 Å². The Morgan fingerprint density at radius 1 is 1.43 bits per heavy atom. The second-order valence-electron chi connectivity index (χ2n) is 3.90. The van der Waals surface area contributed by atoms with Crippen LogP contribution >= 0.6 is 0 Å². The van der Waals surface area contributed by atoms with E-state index in [4.69, 9.17) is 5.73 Å². The summed E-state index contributed by atoms with van der Waals surface area (Å²) in [6.07, 6.45) is 4.40. The Bertz CT molecular complexity index is 224. The van der Waals surface area contributed by atoms with Gasteiger partial charge in [0.15, 0.2) is 0 Å². The summed E-state index contributed by atoms with van der Waals surface area (Å²) in [6.45, 7) is 4.41. The number of hydrazone groups is 1. The molecule has 0 aliphatic heterocycles. The molecule has 1 saturated carbocycles. The van der Waals surface area contributed by atoms with Gasteiger partial charge in [-0.3, -0.25) is 0 Å². The van der Waals surface area contributed by atoms with Crippen LogP contribution in [0, 0.1) is 11.8 Å². The SMILES string of the molecule is CC[C@@H]1CC(=NNC(N)=O)C[C@H]1CC. The summed E-state index contributed by atoms with van der Waals surface area (Å²) < 4.78 is 0. The average Bonchev–Trinajstić information content (AvgIpc) is 2.57. The number of urea groups is 1. The topological polar surface area (TPSA) is 67.5 Å². The van der Waals surface area contributed by atoms with E-state index in [1.807, 2.05) is 0 Å². The lowest BCUT2D eigenvalue weighted by Gasteiger charge is -2.13. The third-order valence-electron chi connectivity index (χ3n) is 3.04. The van der Waals surface area contributed by atoms with Gasteiger partial charge >= 0.3 is 6.03 Å². The standard InChI is InChI=1S/C10H19N3O/c1-3-7-5-9(6-8(7)4-2)12-13-10(11)14/h7-8H,3-6H2,1-2H3,(H3,11,13,14)/t7-,8-/m1/s1. The first-order chi connectivity index (χ1) is 6.67. The number of nitrogens with one attached hydrogen (secondary N) is 1. The minimum Gasteiger partial charge on any atom is -0.350 e. The van der Waals surface area contributed by atoms with Crippen molar-refractivity contribution < 1.29 is 4.79 Å². The number of nitrogens with zero attached hydrogens (tertiary/aromatic N) is 1. The molecule has 0 aromatic heterocycles. The fourth-order valence-corrected chi connectivity index (χ4v) is 2.20. The molecule has 3 N–H and O–H groups in total. The van der Waals surface area contributed by atoms with Crippen LogP contribution < -0.4 is 11.2 Å². The van der Waals surface area contributed by atoms with Crippen LogP contribution in [0.4, 0.5) is 4.79 Å². The maximum Gasteiger partial charge on any atom is 0.332 e. The first-order valence-corrected chi connectivity index (χ1v) is 5.28. The molecule has 0 bridgehead atoms. The summed E-state index contributed by atoms with van der Waals surface area (Å²) in [6, 6.07) is -0.578. The zero-order valence-electron chi connectivity index (χ0n) is 8.92. The average molecular weight is 197 g/mol. The molecular weight excluding hydrogens is 178 g/mol. The van der Waals surface area contributed by atoms with E-state index in [2.05, 4.69) is 24.4 Å². The molecule has 0 aromatic carbocycles. The molecule has 0 heterocycles. The Balaban J connectivity index is 2.52. The molecule has 0 spiro atoms. The van der Waals surface area contributed by atoms with Crippen LogP contribution in [0.2, 0.25) is 0 Å². The van der Waals surface area contributed by atoms with E-state index in [9.17, 15) is 4.79 Å². The number of hydrogen-bond acceptors (Lipinski definition) is 2. The molecule has 4 nitrogen and oxygen atoms in total. The molecule has 1 aliphatic rings. The fourth-order valence-electron chi connectivity index (χ4n) is 2.20. The van der Waals surface area contributed by atoms with Gasteiger partial charge in [0, 0.05) is 5.71 Å². The maximum absolute atomic E-state index is 10.5. The molecule has 0 radical (unpaired) electrons. The van der Waals surface area contributed by atoms with E-state index >= 15 is 0 Å². The normalized spacial score (nSPS) is 26.3. The van der Waals surface area contributed by atoms with Crippen molar-refractivity contribution >= 4 is 11.7 Å². The van der Waals surface area contributed by atoms with E-state index in [1.54, 1.807) is 0 Å². The Kier molecular flexibility index (Phi) is 3.92. The molecule has 4 heteroatoms. The van der Waals surface area contributed by atoms with Gasteiger partial charge in [-0.25, -0.2) is 10.2 Å². The lowest BCUT2D eigenvalue weighted by Crippen LogP contribution is -2.25. The monoisotopic (exact) mass is 197 g/mol. The van der Waals surface area contributed by atoms with Gasteiger partial charge in [-0.15, -0.1) is 0 Å². The molecular formula is C10H19N3O. The molecule has 0 saturated heterocycles. The van der Waals surface area contributed by atoms with Gasteiger partial charge in [-0.1, -0.05) is 26.7 Å². The highest BCUT2D eigenvalue weighted by atomic mass is 16.2. The van der Waals surface area contributed by atoms with Gasteiger partial charge in [0.25, 0.3) is 0 Å². The summed E-state index contributed by atoms with van der Waals surface area (Å²) in [7, 11) is 0. The smallest absolute Gasteiger partial charge is 0.332 e. The van der Waals surface area contributed by atoms with Crippen LogP contribution in [-0.2, 0) is 0 Å². The van der Waals surface area contributed by atoms with Crippen molar-refractivity contribution in [3.05, 3.63) is 0 Å². The zero-order chi connectivity index (χ0) is 10.6. The molecule has 0 unspecified atom stereocenters. The minimum atomic E-state index is -0.578. The molecule has 1 aliphatic carbocycles. The summed E-state index contributed by atoms with van der Waals surface area (Å²) in [4.78, 5) is 10.5. The van der Waals surface area contributed by atoms with Crippen LogP contribution in [0.15, 0.2) is 5.10 Å². The highest BCUT2D eigenvalue weighted by Gasteiger charge is 2.28. The third-order valence-corrected chi connectivity index (χ3v) is 3.04. The van der Waals surface area contributed by atoms with Crippen molar-refractivity contribution in [2.75, 3.05) is 0 Å². The number of amides is 2. The van der Waals surface area contributed by atoms with E-state index in [-0.39, 0.29) is 0 Å². The number of primary amides is 1. The summed E-state index contributed by atoms with van der Waals surface area (Å²) in [5, 5.41) is 4.01. The van der Waals surface area contributed by atoms with Crippen molar-refractivity contribution in [1.29, 1.82) is 0 Å². The van der Waals surface area contributed by atoms with Crippen molar-refractivity contribution in [3.8, 4) is 0 Å². The van der Waals surface area contributed by atoms with Gasteiger partial charge in [0.05, 0.1) is 0 Å². The summed E-state index contributed by atoms with van der Waals surface area (Å²) in [5.41, 5.74) is 8.34. The Morgan fingerprint density at radius 3 is 2.29 bits per heavy atom. The zero-order valence-corrected chi connectivity index (χ0v) is 8.92. The molecule has 14 heavy (non-hydrogen) atoms. The van der Waals surface area contributed by atoms with E-state index in [0.29, 0.717) is 0 Å². The summed E-state index contributed by atoms with van der Waals surface area (Å²) in [5.74, 6) is 1.46. The first-order valence-electron chi connectivity index (χ1n) is 5.28. The van der Waals surface area contributed by atoms with Crippen LogP contribution in [-0.4, -0.2) is 11.7 Å². The summed E-state index contributed by atoms with van der Waals surface area (Å²) >= 11 is 0. The van der Waals surface area contributed by atoms with Crippen molar-refractivity contribution in [2.24, 2.45) is 22.7 Å². The number of nitrogens with two attached hydrogens (primary N) is 1. The van der Waals surface area contributed by atoms with Crippen molar-refractivity contribution in [2.45, 2.75) is 39.5 Å². The molecule has 80 valence electrons. The Morgan fingerprint density at radius 2 is 1.93 bits per heavy atom. The highest BCUT2D eigenvalue weighted by Crippen LogP contribution is 2.34. The van der Waals surface area contributed by atoms with Crippen LogP contribution in [0.25, 0.3) is 0 Å². The Hall–Kier alpha value is -1.06. The van der Waals surface area contributed by atoms with Crippen LogP contribution in [0.3, 0.4) is 0 Å². The number of carbonyl (C=O) groups excluding carboxylic acids is 1. The van der Waals surface area contributed by atoms with Crippen LogP contribution in [0.5, 0.6) is 0 Å². The van der Waals surface area contributed by atoms with E-state index < -0.39 is 6.03 Å². The lowest BCUT2D eigenvalue weighted by molar-refractivity contribution is 0.249. The van der Waals surface area contributed by atoms with Gasteiger partial charge < -0.3 is 5.73 Å². The first kappa shape index (κ1) is 11.0. The third kappa shape index (κ3) is 2.72. The van der Waals surface area contributed by atoms with Gasteiger partial charge in [0.1, 0.15) is 0 Å². The number of rotatable bonds is 3. The Labute approximate surface area is 84.9 Å². The molecule has 1 rings (SSSR count). The fraction of sp³-hybridized carbons (Fsp3) is 0.800. The van der Waals surface area contributed by atoms with E-state index in [0.717, 1.165) is 30.4 Å². The highest BCUT2D eigenvalue weighted by molar-refractivity contribution is 5.88. The van der Waals surface area contributed by atoms with E-state index in [1.165, 1.54) is 12.8 Å². The molecule has 1 fully saturated rings. The predicted octanol–water partition coefficient (Wildman–Crippen LogP) is 1.86. The van der Waals surface area contributed by atoms with Crippen molar-refractivity contribution in [1.82, 2.24) is 5.43 Å². The van der Waals surface area contributed by atoms with Gasteiger partial charge in [-0.05, 0) is 24.7 Å². The quantitative estimate of drug-likeness (QED) is 0.666. The molecule has 0 aromatic rings. The molecule has 2 atom stereocenters. The number of hydrogen-bond donors (Lipinski definition) is 2. The lowest BCUT2D eigenvalue weighted by atomic mass is 9.92. The predicted molar refractivity (Wildman–Crippen MR) is 57.0 cm³/mol. The second-order valence-corrected chi connectivity index (χ2v) is 3.90. The molecule has 2 amide bonds. The minimum absolute atomic E-state index is 0.578. The second kappa shape index (κ2) is 4.98.